The summed E-state index contributed by atoms with van der Waals surface area (Å²) in [6.45, 7) is 5.87. The molecule has 0 saturated heterocycles. The lowest BCUT2D eigenvalue weighted by Crippen LogP contribution is -2.50. The molecule has 0 heterocycles. The Balaban J connectivity index is 2.22. The molecule has 146 valence electrons. The highest BCUT2D eigenvalue weighted by atomic mass is 32.2. The van der Waals surface area contributed by atoms with E-state index in [0.29, 0.717) is 0 Å². The molecule has 0 unspecified atom stereocenters. The fraction of sp³-hybridized carbons (Fsp3) is 0.381. The molecular weight excluding hydrogens is 360 g/mol. The van der Waals surface area contributed by atoms with Gasteiger partial charge in [0.15, 0.2) is 0 Å². The van der Waals surface area contributed by atoms with Crippen LogP contribution in [0.25, 0.3) is 0 Å². The highest BCUT2D eigenvalue weighted by Gasteiger charge is 2.26. The summed E-state index contributed by atoms with van der Waals surface area (Å²) in [4.78, 5) is 12.9. The van der Waals surface area contributed by atoms with Crippen molar-refractivity contribution >= 4 is 15.9 Å². The normalized spacial score (nSPS) is 13.7. The van der Waals surface area contributed by atoms with Crippen LogP contribution in [-0.4, -0.2) is 26.4 Å². The minimum atomic E-state index is -3.80. The molecule has 0 spiro atoms. The topological polar surface area (TPSA) is 75.3 Å². The maximum absolute atomic E-state index is 12.8. The third-order valence-corrected chi connectivity index (χ3v) is 5.83. The van der Waals surface area contributed by atoms with Crippen LogP contribution in [0.5, 0.6) is 0 Å². The summed E-state index contributed by atoms with van der Waals surface area (Å²) >= 11 is 0. The fourth-order valence-electron chi connectivity index (χ4n) is 2.86. The summed E-state index contributed by atoms with van der Waals surface area (Å²) in [6, 6.07) is 15.1. The summed E-state index contributed by atoms with van der Waals surface area (Å²) in [5.74, 6) is -0.310. The zero-order chi connectivity index (χ0) is 19.9. The number of amides is 1. The first-order valence-electron chi connectivity index (χ1n) is 9.25. The quantitative estimate of drug-likeness (QED) is 0.693. The van der Waals surface area contributed by atoms with E-state index in [0.717, 1.165) is 24.0 Å². The van der Waals surface area contributed by atoms with Crippen LogP contribution in [0.15, 0.2) is 59.5 Å². The van der Waals surface area contributed by atoms with Gasteiger partial charge in [-0.15, -0.1) is 0 Å². The second-order valence-corrected chi connectivity index (χ2v) is 8.59. The number of sulfonamides is 1. The summed E-state index contributed by atoms with van der Waals surface area (Å²) in [5.41, 5.74) is 1.87. The van der Waals surface area contributed by atoms with Gasteiger partial charge in [-0.3, -0.25) is 4.79 Å². The van der Waals surface area contributed by atoms with Crippen LogP contribution in [0.1, 0.15) is 37.8 Å². The average Bonchev–Trinajstić information content (AvgIpc) is 2.62. The first kappa shape index (κ1) is 21.1. The molecule has 2 rings (SSSR count). The predicted molar refractivity (Wildman–Crippen MR) is 108 cm³/mol. The van der Waals surface area contributed by atoms with Crippen LogP contribution in [0.4, 0.5) is 0 Å². The number of carbonyl (C=O) groups excluding carboxylic acids is 1. The van der Waals surface area contributed by atoms with E-state index in [1.807, 2.05) is 51.1 Å². The number of benzene rings is 2. The molecule has 27 heavy (non-hydrogen) atoms. The van der Waals surface area contributed by atoms with Crippen LogP contribution in [0.2, 0.25) is 0 Å². The molecule has 2 atom stereocenters. The van der Waals surface area contributed by atoms with Crippen LogP contribution in [0.3, 0.4) is 0 Å². The maximum Gasteiger partial charge on any atom is 0.241 e. The molecule has 0 aromatic heterocycles. The van der Waals surface area contributed by atoms with Crippen molar-refractivity contribution in [1.29, 1.82) is 0 Å². The Morgan fingerprint density at radius 2 is 1.67 bits per heavy atom. The van der Waals surface area contributed by atoms with E-state index in [1.54, 1.807) is 24.3 Å². The molecule has 6 heteroatoms. The van der Waals surface area contributed by atoms with Gasteiger partial charge in [-0.2, -0.15) is 4.72 Å². The SMILES string of the molecule is CCC[C@H](C)NC(=O)[C@@H](Cc1ccccc1)NS(=O)(=O)c1ccc(C)cc1. The van der Waals surface area contributed by atoms with Gasteiger partial charge in [-0.25, -0.2) is 8.42 Å². The second kappa shape index (κ2) is 9.67. The van der Waals surface area contributed by atoms with Gasteiger partial charge in [0.1, 0.15) is 6.04 Å². The fourth-order valence-corrected chi connectivity index (χ4v) is 4.05. The lowest BCUT2D eigenvalue weighted by atomic mass is 10.1. The van der Waals surface area contributed by atoms with E-state index in [-0.39, 0.29) is 23.3 Å². The van der Waals surface area contributed by atoms with Crippen molar-refractivity contribution in [1.82, 2.24) is 10.0 Å². The molecule has 2 aromatic rings. The molecule has 0 saturated carbocycles. The lowest BCUT2D eigenvalue weighted by Gasteiger charge is -2.21. The Hall–Kier alpha value is -2.18. The Bertz CT molecular complexity index is 833. The minimum Gasteiger partial charge on any atom is -0.352 e. The smallest absolute Gasteiger partial charge is 0.241 e. The van der Waals surface area contributed by atoms with Crippen LogP contribution in [-0.2, 0) is 21.2 Å². The lowest BCUT2D eigenvalue weighted by molar-refractivity contribution is -0.123. The summed E-state index contributed by atoms with van der Waals surface area (Å²) in [5, 5.41) is 2.92. The Morgan fingerprint density at radius 1 is 1.04 bits per heavy atom. The molecule has 0 aliphatic rings. The Morgan fingerprint density at radius 3 is 2.26 bits per heavy atom. The third-order valence-electron chi connectivity index (χ3n) is 4.34. The van der Waals surface area contributed by atoms with E-state index in [2.05, 4.69) is 10.0 Å². The molecule has 0 radical (unpaired) electrons. The average molecular weight is 389 g/mol. The van der Waals surface area contributed by atoms with Crippen LogP contribution >= 0.6 is 0 Å². The van der Waals surface area contributed by atoms with Crippen molar-refractivity contribution in [2.45, 2.75) is 57.0 Å². The van der Waals surface area contributed by atoms with Gasteiger partial charge in [-0.05, 0) is 44.4 Å². The summed E-state index contributed by atoms with van der Waals surface area (Å²) in [6.07, 6.45) is 2.07. The summed E-state index contributed by atoms with van der Waals surface area (Å²) in [7, 11) is -3.80. The monoisotopic (exact) mass is 388 g/mol. The zero-order valence-corrected chi connectivity index (χ0v) is 16.9. The van der Waals surface area contributed by atoms with Crippen LogP contribution in [0, 0.1) is 6.92 Å². The molecule has 0 aliphatic carbocycles. The van der Waals surface area contributed by atoms with Crippen molar-refractivity contribution in [2.24, 2.45) is 0 Å². The van der Waals surface area contributed by atoms with Gasteiger partial charge >= 0.3 is 0 Å². The van der Waals surface area contributed by atoms with E-state index >= 15 is 0 Å². The van der Waals surface area contributed by atoms with Crippen molar-refractivity contribution in [3.63, 3.8) is 0 Å². The first-order chi connectivity index (χ1) is 12.8. The molecule has 1 amide bonds. The molecule has 2 N–H and O–H groups in total. The van der Waals surface area contributed by atoms with Crippen LogP contribution < -0.4 is 10.0 Å². The standard InChI is InChI=1S/C21H28N2O3S/c1-4-8-17(3)22-21(24)20(15-18-9-6-5-7-10-18)23-27(25,26)19-13-11-16(2)12-14-19/h5-7,9-14,17,20,23H,4,8,15H2,1-3H3,(H,22,24)/t17-,20+/m0/s1. The van der Waals surface area contributed by atoms with Gasteiger partial charge in [0, 0.05) is 6.04 Å². The van der Waals surface area contributed by atoms with E-state index in [1.165, 1.54) is 0 Å². The van der Waals surface area contributed by atoms with Gasteiger partial charge in [0.05, 0.1) is 4.90 Å². The minimum absolute atomic E-state index is 0.00958. The second-order valence-electron chi connectivity index (χ2n) is 6.87. The predicted octanol–water partition coefficient (Wildman–Crippen LogP) is 3.19. The summed E-state index contributed by atoms with van der Waals surface area (Å²) < 4.78 is 28.1. The highest BCUT2D eigenvalue weighted by Crippen LogP contribution is 2.13. The zero-order valence-electron chi connectivity index (χ0n) is 16.1. The van der Waals surface area contributed by atoms with Gasteiger partial charge in [-0.1, -0.05) is 61.4 Å². The number of nitrogens with one attached hydrogen (secondary N) is 2. The maximum atomic E-state index is 12.8. The van der Waals surface area contributed by atoms with Crippen molar-refractivity contribution in [2.75, 3.05) is 0 Å². The van der Waals surface area contributed by atoms with Gasteiger partial charge in [0.2, 0.25) is 15.9 Å². The third kappa shape index (κ3) is 6.48. The number of rotatable bonds is 9. The molecule has 0 bridgehead atoms. The molecule has 0 aliphatic heterocycles. The highest BCUT2D eigenvalue weighted by molar-refractivity contribution is 7.89. The van der Waals surface area contributed by atoms with E-state index < -0.39 is 16.1 Å². The number of aryl methyl sites for hydroxylation is 1. The van der Waals surface area contributed by atoms with E-state index in [9.17, 15) is 13.2 Å². The molecule has 0 fully saturated rings. The number of hydrogen-bond donors (Lipinski definition) is 2. The first-order valence-corrected chi connectivity index (χ1v) is 10.7. The van der Waals surface area contributed by atoms with E-state index in [4.69, 9.17) is 0 Å². The van der Waals surface area contributed by atoms with Crippen molar-refractivity contribution in [3.05, 3.63) is 65.7 Å². The van der Waals surface area contributed by atoms with Gasteiger partial charge < -0.3 is 5.32 Å². The molecular formula is C21H28N2O3S. The van der Waals surface area contributed by atoms with Gasteiger partial charge in [0.25, 0.3) is 0 Å². The molecule has 5 nitrogen and oxygen atoms in total. The Labute approximate surface area is 162 Å². The van der Waals surface area contributed by atoms with Crippen molar-refractivity contribution < 1.29 is 13.2 Å². The van der Waals surface area contributed by atoms with Crippen molar-refractivity contribution in [3.8, 4) is 0 Å². The number of carbonyl (C=O) groups is 1. The molecule has 2 aromatic carbocycles. The largest absolute Gasteiger partial charge is 0.352 e. The Kier molecular flexibility index (Phi) is 7.56. The number of hydrogen-bond acceptors (Lipinski definition) is 3.